The van der Waals surface area contributed by atoms with E-state index in [4.69, 9.17) is 0 Å². The number of hydrogen-bond acceptors (Lipinski definition) is 2. The summed E-state index contributed by atoms with van der Waals surface area (Å²) in [4.78, 5) is 9.35. The topological polar surface area (TPSA) is 43.1 Å². The van der Waals surface area contributed by atoms with Gasteiger partial charge in [-0.2, -0.15) is 0 Å². The summed E-state index contributed by atoms with van der Waals surface area (Å²) in [7, 11) is 0. The fourth-order valence-corrected chi connectivity index (χ4v) is 19.7. The van der Waals surface area contributed by atoms with E-state index in [1.165, 1.54) is 0 Å². The summed E-state index contributed by atoms with van der Waals surface area (Å²) >= 11 is -8.42. The molecule has 1 aromatic rings. The molecular formula is C30H16F39NO2Sn. The van der Waals surface area contributed by atoms with Crippen molar-refractivity contribution in [1.82, 2.24) is 0 Å². The number of hydrogen-bond donors (Lipinski definition) is 0. The summed E-state index contributed by atoms with van der Waals surface area (Å²) in [5.74, 6) is -129. The quantitative estimate of drug-likeness (QED) is 0.0474. The maximum absolute atomic E-state index is 15.1. The Hall–Kier alpha value is -3.31. The van der Waals surface area contributed by atoms with Gasteiger partial charge in [-0.3, -0.25) is 0 Å². The molecule has 0 bridgehead atoms. The van der Waals surface area contributed by atoms with Crippen molar-refractivity contribution in [3.63, 3.8) is 0 Å². The number of halogens is 39. The van der Waals surface area contributed by atoms with Gasteiger partial charge in [0.2, 0.25) is 0 Å². The molecule has 1 rings (SSSR count). The third-order valence-electron chi connectivity index (χ3n) is 10.4. The standard InChI is InChI=1S/3C8H4F13.C6H4NO2.Sn/c3*1-2-3(9,10)4(11,12)5(13,14)6(15,16)7(17,18)8(19,20)21;8-7(9)6-4-2-1-3-5-6;/h3*1-2H2;2-5H;. The molecule has 0 heterocycles. The van der Waals surface area contributed by atoms with E-state index in [0.717, 1.165) is 0 Å². The Labute approximate surface area is 378 Å². The molecule has 3 nitrogen and oxygen atoms in total. The first kappa shape index (κ1) is 67.7. The first-order valence-electron chi connectivity index (χ1n) is 17.4. The average molecular weight is 1280 g/mol. The van der Waals surface area contributed by atoms with Crippen LogP contribution in [-0.4, -0.2) is 131 Å². The van der Waals surface area contributed by atoms with Gasteiger partial charge < -0.3 is 0 Å². The monoisotopic (exact) mass is 1280 g/mol. The molecule has 0 aliphatic carbocycles. The molecule has 0 spiro atoms. The second-order valence-electron chi connectivity index (χ2n) is 15.1. The summed E-state index contributed by atoms with van der Waals surface area (Å²) in [5, 5.41) is 11.1. The van der Waals surface area contributed by atoms with Crippen LogP contribution in [0.15, 0.2) is 24.3 Å². The zero-order valence-electron chi connectivity index (χ0n) is 33.1. The van der Waals surface area contributed by atoms with Gasteiger partial charge in [0.15, 0.2) is 0 Å². The number of nitrogens with zero attached hydrogens (tertiary/aromatic N) is 1. The fraction of sp³-hybridized carbons (Fsp3) is 0.800. The van der Waals surface area contributed by atoms with Gasteiger partial charge in [-0.25, -0.2) is 0 Å². The van der Waals surface area contributed by atoms with E-state index >= 15 is 26.3 Å². The van der Waals surface area contributed by atoms with Gasteiger partial charge in [-0.05, 0) is 0 Å². The average Bonchev–Trinajstić information content (AvgIpc) is 3.18. The predicted octanol–water partition coefficient (Wildman–Crippen LogP) is 15.6. The van der Waals surface area contributed by atoms with E-state index in [2.05, 4.69) is 0 Å². The van der Waals surface area contributed by atoms with Crippen molar-refractivity contribution >= 4 is 27.6 Å². The predicted molar refractivity (Wildman–Crippen MR) is 159 cm³/mol. The summed E-state index contributed by atoms with van der Waals surface area (Å²) in [6, 6.07) is -1.77. The van der Waals surface area contributed by atoms with Gasteiger partial charge in [0, 0.05) is 0 Å². The van der Waals surface area contributed by atoms with Crippen molar-refractivity contribution in [2.45, 2.75) is 140 Å². The summed E-state index contributed by atoms with van der Waals surface area (Å²) in [6.45, 7) is 0. The Bertz CT molecular complexity index is 1910. The van der Waals surface area contributed by atoms with Crippen LogP contribution < -0.4 is 3.58 Å². The molecule has 430 valence electrons. The molecule has 0 saturated heterocycles. The Morgan fingerprint density at radius 2 is 0.479 bits per heavy atom. The number of rotatable bonds is 23. The van der Waals surface area contributed by atoms with E-state index in [-0.39, 0.29) is 12.1 Å². The molecule has 1 aromatic carbocycles. The molecule has 0 atom stereocenters. The summed E-state index contributed by atoms with van der Waals surface area (Å²) < 4.78 is 528. The second kappa shape index (κ2) is 18.7. The zero-order valence-corrected chi connectivity index (χ0v) is 35.9. The van der Waals surface area contributed by atoms with Gasteiger partial charge in [0.1, 0.15) is 0 Å². The molecule has 0 radical (unpaired) electrons. The van der Waals surface area contributed by atoms with Gasteiger partial charge in [-0.1, -0.05) is 0 Å². The van der Waals surface area contributed by atoms with Crippen molar-refractivity contribution < 1.29 is 176 Å². The van der Waals surface area contributed by atoms with Crippen molar-refractivity contribution in [2.75, 3.05) is 0 Å². The maximum atomic E-state index is 15.1. The Morgan fingerprint density at radius 3 is 0.644 bits per heavy atom. The molecule has 0 amide bonds. The number of non-ortho nitro benzene ring substituents is 1. The first-order chi connectivity index (χ1) is 31.3. The number of alkyl halides is 39. The van der Waals surface area contributed by atoms with Gasteiger partial charge in [0.05, 0.1) is 0 Å². The minimum absolute atomic E-state index is 0.372. The zero-order chi connectivity index (χ0) is 59.3. The van der Waals surface area contributed by atoms with Gasteiger partial charge in [-0.15, -0.1) is 0 Å². The third kappa shape index (κ3) is 10.2. The van der Waals surface area contributed by atoms with Crippen molar-refractivity contribution in [2.24, 2.45) is 0 Å². The van der Waals surface area contributed by atoms with Crippen LogP contribution in [-0.2, 0) is 0 Å². The molecule has 0 aliphatic heterocycles. The molecule has 0 aliphatic rings. The Morgan fingerprint density at radius 1 is 0.301 bits per heavy atom. The minimum atomic E-state index is -8.94. The van der Waals surface area contributed by atoms with Crippen molar-refractivity contribution in [3.8, 4) is 0 Å². The van der Waals surface area contributed by atoms with Crippen LogP contribution in [0.2, 0.25) is 13.3 Å². The molecule has 0 unspecified atom stereocenters. The molecule has 73 heavy (non-hydrogen) atoms. The van der Waals surface area contributed by atoms with Crippen LogP contribution in [0.3, 0.4) is 0 Å². The van der Waals surface area contributed by atoms with Crippen molar-refractivity contribution in [1.29, 1.82) is 0 Å². The van der Waals surface area contributed by atoms with Crippen LogP contribution in [0.4, 0.5) is 177 Å². The fourth-order valence-electron chi connectivity index (χ4n) is 5.81. The molecule has 0 aromatic heterocycles. The Kier molecular flexibility index (Phi) is 17.4. The molecular weight excluding hydrogens is 1270 g/mol. The third-order valence-corrected chi connectivity index (χ3v) is 25.2. The number of nitro groups is 1. The van der Waals surface area contributed by atoms with Gasteiger partial charge in [0.25, 0.3) is 0 Å². The van der Waals surface area contributed by atoms with Crippen LogP contribution in [0.1, 0.15) is 19.3 Å². The molecule has 43 heteroatoms. The molecule has 0 saturated carbocycles. The van der Waals surface area contributed by atoms with Crippen LogP contribution in [0.25, 0.3) is 0 Å². The van der Waals surface area contributed by atoms with Crippen LogP contribution >= 0.6 is 0 Å². The number of nitro benzene ring substituents is 1. The van der Waals surface area contributed by atoms with E-state index in [9.17, 15) is 155 Å². The van der Waals surface area contributed by atoms with Gasteiger partial charge >= 0.3 is 378 Å². The molecule has 0 N–H and O–H groups in total. The SMILES string of the molecule is O=[N+]([O-])c1cc[c]([Sn]([CH2]CC(F)(F)C(F)(F)C(F)(F)C(F)(F)C(F)(F)C(F)(F)F)([CH2]CC(F)(F)C(F)(F)C(F)(F)C(F)(F)C(F)(F)C(F)(F)F)[CH2]CC(F)(F)C(F)(F)C(F)(F)C(F)(F)C(F)(F)C(F)(F)F)cc1. The summed E-state index contributed by atoms with van der Waals surface area (Å²) in [6.07, 6.45) is -37.0. The first-order valence-corrected chi connectivity index (χ1v) is 24.9. The summed E-state index contributed by atoms with van der Waals surface area (Å²) in [5.41, 5.74) is -1.64. The normalized spacial score (nSPS) is 16.3. The van der Waals surface area contributed by atoms with Crippen LogP contribution in [0, 0.1) is 10.1 Å². The molecule has 0 fully saturated rings. The second-order valence-corrected chi connectivity index (χ2v) is 28.3. The number of benzene rings is 1. The van der Waals surface area contributed by atoms with E-state index in [1.807, 2.05) is 0 Å². The Balaban J connectivity index is 4.54. The van der Waals surface area contributed by atoms with E-state index in [0.29, 0.717) is 0 Å². The van der Waals surface area contributed by atoms with E-state index < -0.39 is 185 Å². The van der Waals surface area contributed by atoms with Crippen molar-refractivity contribution in [3.05, 3.63) is 34.4 Å². The van der Waals surface area contributed by atoms with Crippen LogP contribution in [0.5, 0.6) is 0 Å². The van der Waals surface area contributed by atoms with E-state index in [1.54, 1.807) is 0 Å².